The van der Waals surface area contributed by atoms with Crippen molar-refractivity contribution in [2.24, 2.45) is 11.3 Å². The minimum absolute atomic E-state index is 0.0609. The molecule has 1 rings (SSSR count). The quantitative estimate of drug-likeness (QED) is 0.556. The van der Waals surface area contributed by atoms with Gasteiger partial charge in [0.15, 0.2) is 0 Å². The Morgan fingerprint density at radius 1 is 1.50 bits per heavy atom. The molecule has 0 aromatic carbocycles. The zero-order chi connectivity index (χ0) is 15.3. The fourth-order valence-electron chi connectivity index (χ4n) is 2.13. The number of alkyl carbamates (subject to hydrolysis) is 1. The molecule has 3 atom stereocenters. The number of carboxylic acid groups (broad SMARTS) is 1. The van der Waals surface area contributed by atoms with Crippen molar-refractivity contribution in [3.63, 3.8) is 0 Å². The molecule has 0 bridgehead atoms. The molecule has 0 aliphatic heterocycles. The first-order valence-electron chi connectivity index (χ1n) is 7.06. The number of amides is 1. The highest BCUT2D eigenvalue weighted by atomic mass is 16.6. The fourth-order valence-corrected chi connectivity index (χ4v) is 2.13. The van der Waals surface area contributed by atoms with Gasteiger partial charge in [-0.05, 0) is 37.0 Å². The highest BCUT2D eigenvalue weighted by molar-refractivity contribution is 5.80. The van der Waals surface area contributed by atoms with Crippen molar-refractivity contribution in [1.29, 1.82) is 0 Å². The predicted molar refractivity (Wildman–Crippen MR) is 76.4 cm³/mol. The van der Waals surface area contributed by atoms with Gasteiger partial charge in [-0.25, -0.2) is 9.59 Å². The molecule has 0 radical (unpaired) electrons. The number of hydrogen-bond donors (Lipinski definition) is 2. The molecule has 114 valence electrons. The summed E-state index contributed by atoms with van der Waals surface area (Å²) in [5.41, 5.74) is -0.558. The molecule has 2 N–H and O–H groups in total. The van der Waals surface area contributed by atoms with Crippen molar-refractivity contribution in [2.45, 2.75) is 58.6 Å². The second-order valence-electron chi connectivity index (χ2n) is 6.44. The molecule has 1 aliphatic carbocycles. The summed E-state index contributed by atoms with van der Waals surface area (Å²) in [6.07, 6.45) is 5.10. The van der Waals surface area contributed by atoms with Crippen LogP contribution in [0.25, 0.3) is 0 Å². The molecule has 1 saturated carbocycles. The van der Waals surface area contributed by atoms with Crippen molar-refractivity contribution in [1.82, 2.24) is 5.32 Å². The first-order chi connectivity index (χ1) is 9.25. The molecular weight excluding hydrogens is 258 g/mol. The molecule has 0 saturated heterocycles. The second kappa shape index (κ2) is 6.77. The number of unbranched alkanes of at least 4 members (excludes halogenated alkanes) is 1. The third kappa shape index (κ3) is 5.23. The van der Waals surface area contributed by atoms with Gasteiger partial charge >= 0.3 is 12.1 Å². The highest BCUT2D eigenvalue weighted by Crippen LogP contribution is 2.38. The summed E-state index contributed by atoms with van der Waals surface area (Å²) in [5.74, 6) is -0.633. The van der Waals surface area contributed by atoms with E-state index in [1.54, 1.807) is 20.8 Å². The predicted octanol–water partition coefficient (Wildman–Crippen LogP) is 2.96. The monoisotopic (exact) mass is 283 g/mol. The average molecular weight is 283 g/mol. The van der Waals surface area contributed by atoms with Crippen molar-refractivity contribution >= 4 is 12.1 Å². The SMILES string of the molecule is C=CCCC[C@H]1C[C@@H]1OC(=O)N[C@H](C(=O)O)C(C)(C)C. The van der Waals surface area contributed by atoms with E-state index in [2.05, 4.69) is 11.9 Å². The third-order valence-corrected chi connectivity index (χ3v) is 3.47. The Balaban J connectivity index is 2.34. The van der Waals surface area contributed by atoms with Crippen LogP contribution in [0.4, 0.5) is 4.79 Å². The molecule has 5 nitrogen and oxygen atoms in total. The first-order valence-corrected chi connectivity index (χ1v) is 7.06. The topological polar surface area (TPSA) is 75.6 Å². The summed E-state index contributed by atoms with van der Waals surface area (Å²) in [6, 6.07) is -0.951. The van der Waals surface area contributed by atoms with Gasteiger partial charge < -0.3 is 15.2 Å². The number of carbonyl (C=O) groups is 2. The number of allylic oxidation sites excluding steroid dienone is 1. The second-order valence-corrected chi connectivity index (χ2v) is 6.44. The molecular formula is C15H25NO4. The van der Waals surface area contributed by atoms with E-state index in [1.165, 1.54) is 0 Å². The van der Waals surface area contributed by atoms with Gasteiger partial charge in [-0.1, -0.05) is 26.8 Å². The van der Waals surface area contributed by atoms with Crippen LogP contribution in [-0.4, -0.2) is 29.3 Å². The first kappa shape index (κ1) is 16.5. The molecule has 0 unspecified atom stereocenters. The van der Waals surface area contributed by atoms with Gasteiger partial charge in [0.2, 0.25) is 0 Å². The van der Waals surface area contributed by atoms with E-state index in [9.17, 15) is 9.59 Å². The fraction of sp³-hybridized carbons (Fsp3) is 0.733. The van der Waals surface area contributed by atoms with Crippen LogP contribution in [-0.2, 0) is 9.53 Å². The summed E-state index contributed by atoms with van der Waals surface area (Å²) < 4.78 is 5.24. The Hall–Kier alpha value is -1.52. The lowest BCUT2D eigenvalue weighted by atomic mass is 9.87. The lowest BCUT2D eigenvalue weighted by molar-refractivity contribution is -0.142. The summed E-state index contributed by atoms with van der Waals surface area (Å²) in [4.78, 5) is 22.9. The van der Waals surface area contributed by atoms with Gasteiger partial charge in [-0.15, -0.1) is 6.58 Å². The van der Waals surface area contributed by atoms with Crippen molar-refractivity contribution in [3.8, 4) is 0 Å². The molecule has 1 amide bonds. The van der Waals surface area contributed by atoms with Crippen molar-refractivity contribution in [2.75, 3.05) is 0 Å². The largest absolute Gasteiger partial charge is 0.480 e. The maximum absolute atomic E-state index is 11.7. The Morgan fingerprint density at radius 2 is 2.15 bits per heavy atom. The number of carboxylic acids is 1. The zero-order valence-corrected chi connectivity index (χ0v) is 12.5. The lowest BCUT2D eigenvalue weighted by Crippen LogP contribution is -2.49. The minimum Gasteiger partial charge on any atom is -0.480 e. The van der Waals surface area contributed by atoms with Crippen LogP contribution in [0.1, 0.15) is 46.5 Å². The van der Waals surface area contributed by atoms with Gasteiger partial charge in [-0.2, -0.15) is 0 Å². The van der Waals surface area contributed by atoms with Crippen LogP contribution in [0.15, 0.2) is 12.7 Å². The van der Waals surface area contributed by atoms with Crippen LogP contribution in [0.3, 0.4) is 0 Å². The van der Waals surface area contributed by atoms with Crippen LogP contribution < -0.4 is 5.32 Å². The number of carbonyl (C=O) groups excluding carboxylic acids is 1. The van der Waals surface area contributed by atoms with E-state index < -0.39 is 23.5 Å². The number of rotatable bonds is 7. The smallest absolute Gasteiger partial charge is 0.408 e. The molecule has 0 aromatic heterocycles. The van der Waals surface area contributed by atoms with E-state index in [1.807, 2.05) is 6.08 Å². The Kier molecular flexibility index (Phi) is 5.60. The number of aliphatic carboxylic acids is 1. The zero-order valence-electron chi connectivity index (χ0n) is 12.5. The standard InChI is InChI=1S/C15H25NO4/c1-5-6-7-8-10-9-11(10)20-14(19)16-12(13(17)18)15(2,3)4/h5,10-12H,1,6-9H2,2-4H3,(H,16,19)(H,17,18)/t10-,11-,12+/m0/s1. The van der Waals surface area contributed by atoms with E-state index in [-0.39, 0.29) is 6.10 Å². The summed E-state index contributed by atoms with van der Waals surface area (Å²) >= 11 is 0. The number of ether oxygens (including phenoxy) is 1. The molecule has 5 heteroatoms. The summed E-state index contributed by atoms with van der Waals surface area (Å²) in [5, 5.41) is 11.6. The van der Waals surface area contributed by atoms with Gasteiger partial charge in [0.05, 0.1) is 0 Å². The van der Waals surface area contributed by atoms with E-state index in [0.717, 1.165) is 25.7 Å². The van der Waals surface area contributed by atoms with E-state index >= 15 is 0 Å². The van der Waals surface area contributed by atoms with Gasteiger partial charge in [0.1, 0.15) is 12.1 Å². The van der Waals surface area contributed by atoms with Crippen LogP contribution in [0.5, 0.6) is 0 Å². The highest BCUT2D eigenvalue weighted by Gasteiger charge is 2.41. The van der Waals surface area contributed by atoms with E-state index in [0.29, 0.717) is 5.92 Å². The molecule has 0 spiro atoms. The molecule has 0 heterocycles. The Labute approximate surface area is 120 Å². The maximum Gasteiger partial charge on any atom is 0.408 e. The van der Waals surface area contributed by atoms with Crippen molar-refractivity contribution < 1.29 is 19.4 Å². The van der Waals surface area contributed by atoms with Gasteiger partial charge in [-0.3, -0.25) is 0 Å². The van der Waals surface area contributed by atoms with E-state index in [4.69, 9.17) is 9.84 Å². The maximum atomic E-state index is 11.7. The molecule has 20 heavy (non-hydrogen) atoms. The normalized spacial score (nSPS) is 22.8. The number of hydrogen-bond acceptors (Lipinski definition) is 3. The number of nitrogens with one attached hydrogen (secondary N) is 1. The Bertz CT molecular complexity index is 373. The third-order valence-electron chi connectivity index (χ3n) is 3.47. The Morgan fingerprint density at radius 3 is 2.65 bits per heavy atom. The van der Waals surface area contributed by atoms with Crippen LogP contribution >= 0.6 is 0 Å². The van der Waals surface area contributed by atoms with Gasteiger partial charge in [0.25, 0.3) is 0 Å². The minimum atomic E-state index is -1.05. The van der Waals surface area contributed by atoms with Crippen LogP contribution in [0.2, 0.25) is 0 Å². The van der Waals surface area contributed by atoms with Crippen molar-refractivity contribution in [3.05, 3.63) is 12.7 Å². The lowest BCUT2D eigenvalue weighted by Gasteiger charge is -2.27. The average Bonchev–Trinajstić information content (AvgIpc) is 3.03. The van der Waals surface area contributed by atoms with Gasteiger partial charge in [0, 0.05) is 0 Å². The molecule has 0 aromatic rings. The molecule has 1 aliphatic rings. The summed E-state index contributed by atoms with van der Waals surface area (Å²) in [7, 11) is 0. The summed E-state index contributed by atoms with van der Waals surface area (Å²) in [6.45, 7) is 8.96. The van der Waals surface area contributed by atoms with Crippen LogP contribution in [0, 0.1) is 11.3 Å². The molecule has 1 fully saturated rings.